The summed E-state index contributed by atoms with van der Waals surface area (Å²) >= 11 is 1.34. The SMILES string of the molecule is Cc1ccc(-c2ccc(C#N)c(SCCC(=O)Nc3ccc(S(=O)(=O)Nc4nccc(C)n4)cc3)n2)cc1. The fourth-order valence-corrected chi connectivity index (χ4v) is 5.24. The number of hydrogen-bond donors (Lipinski definition) is 2. The van der Waals surface area contributed by atoms with Gasteiger partial charge in [-0.2, -0.15) is 5.26 Å². The highest BCUT2D eigenvalue weighted by Gasteiger charge is 2.16. The highest BCUT2D eigenvalue weighted by atomic mass is 32.2. The lowest BCUT2D eigenvalue weighted by Gasteiger charge is -2.09. The molecular formula is C27H24N6O3S2. The molecule has 0 atom stereocenters. The van der Waals surface area contributed by atoms with Crippen molar-refractivity contribution in [2.75, 3.05) is 15.8 Å². The lowest BCUT2D eigenvalue weighted by atomic mass is 10.1. The third-order valence-corrected chi connectivity index (χ3v) is 7.70. The molecule has 0 bridgehead atoms. The summed E-state index contributed by atoms with van der Waals surface area (Å²) in [5.74, 6) is 0.156. The van der Waals surface area contributed by atoms with Crippen LogP contribution in [0.25, 0.3) is 11.3 Å². The van der Waals surface area contributed by atoms with Gasteiger partial charge in [-0.15, -0.1) is 11.8 Å². The predicted octanol–water partition coefficient (Wildman–Crippen LogP) is 4.95. The smallest absolute Gasteiger partial charge is 0.264 e. The number of nitriles is 1. The van der Waals surface area contributed by atoms with E-state index in [9.17, 15) is 18.5 Å². The maximum Gasteiger partial charge on any atom is 0.264 e. The summed E-state index contributed by atoms with van der Waals surface area (Å²) in [6, 6.07) is 21.1. The Morgan fingerprint density at radius 1 is 0.974 bits per heavy atom. The van der Waals surface area contributed by atoms with Gasteiger partial charge in [0.05, 0.1) is 16.2 Å². The zero-order chi connectivity index (χ0) is 27.1. The van der Waals surface area contributed by atoms with Crippen LogP contribution in [-0.4, -0.2) is 35.0 Å². The number of rotatable bonds is 9. The van der Waals surface area contributed by atoms with Crippen LogP contribution in [0.1, 0.15) is 23.2 Å². The number of nitrogens with one attached hydrogen (secondary N) is 2. The van der Waals surface area contributed by atoms with E-state index in [4.69, 9.17) is 0 Å². The summed E-state index contributed by atoms with van der Waals surface area (Å²) in [5, 5.41) is 12.8. The number of carbonyl (C=O) groups is 1. The molecule has 0 radical (unpaired) electrons. The van der Waals surface area contributed by atoms with Gasteiger partial charge < -0.3 is 5.32 Å². The summed E-state index contributed by atoms with van der Waals surface area (Å²) in [7, 11) is -3.88. The maximum atomic E-state index is 12.6. The Hall–Kier alpha value is -4.27. The van der Waals surface area contributed by atoms with Gasteiger partial charge in [-0.05, 0) is 56.3 Å². The van der Waals surface area contributed by atoms with Crippen molar-refractivity contribution < 1.29 is 13.2 Å². The average molecular weight is 545 g/mol. The second kappa shape index (κ2) is 11.9. The number of nitrogens with zero attached hydrogens (tertiary/aromatic N) is 4. The minimum Gasteiger partial charge on any atom is -0.326 e. The molecule has 11 heteroatoms. The van der Waals surface area contributed by atoms with Gasteiger partial charge in [-0.1, -0.05) is 29.8 Å². The fraction of sp³-hybridized carbons (Fsp3) is 0.148. The van der Waals surface area contributed by atoms with E-state index in [2.05, 4.69) is 31.1 Å². The van der Waals surface area contributed by atoms with Crippen LogP contribution in [0.4, 0.5) is 11.6 Å². The quantitative estimate of drug-likeness (QED) is 0.282. The Bertz CT molecular complexity index is 1600. The molecule has 0 aliphatic heterocycles. The summed E-state index contributed by atoms with van der Waals surface area (Å²) in [4.78, 5) is 25.1. The van der Waals surface area contributed by atoms with Crippen LogP contribution in [0, 0.1) is 25.2 Å². The van der Waals surface area contributed by atoms with Crippen molar-refractivity contribution in [1.29, 1.82) is 5.26 Å². The number of aryl methyl sites for hydroxylation is 2. The van der Waals surface area contributed by atoms with Crippen molar-refractivity contribution in [1.82, 2.24) is 15.0 Å². The topological polar surface area (TPSA) is 138 Å². The van der Waals surface area contributed by atoms with E-state index in [0.29, 0.717) is 27.7 Å². The number of hydrogen-bond acceptors (Lipinski definition) is 8. The molecule has 2 aromatic heterocycles. The Labute approximate surface area is 225 Å². The molecule has 2 aromatic carbocycles. The van der Waals surface area contributed by atoms with Crippen LogP contribution in [0.2, 0.25) is 0 Å². The van der Waals surface area contributed by atoms with E-state index in [-0.39, 0.29) is 23.2 Å². The Kier molecular flexibility index (Phi) is 8.35. The molecule has 0 aliphatic rings. The highest BCUT2D eigenvalue weighted by Crippen LogP contribution is 2.26. The van der Waals surface area contributed by atoms with Crippen LogP contribution >= 0.6 is 11.8 Å². The average Bonchev–Trinajstić information content (AvgIpc) is 2.89. The first-order valence-electron chi connectivity index (χ1n) is 11.6. The van der Waals surface area contributed by atoms with E-state index < -0.39 is 10.0 Å². The standard InChI is InChI=1S/C27H24N6O3S2/c1-18-3-5-20(6-4-18)24-12-7-21(17-28)26(32-24)37-16-14-25(34)31-22-8-10-23(11-9-22)38(35,36)33-27-29-15-13-19(2)30-27/h3-13,15H,14,16H2,1-2H3,(H,31,34)(H,29,30,33). The molecule has 0 unspecified atom stereocenters. The number of aromatic nitrogens is 3. The fourth-order valence-electron chi connectivity index (χ4n) is 3.38. The maximum absolute atomic E-state index is 12.6. The second-order valence-electron chi connectivity index (χ2n) is 8.33. The molecule has 9 nitrogen and oxygen atoms in total. The highest BCUT2D eigenvalue weighted by molar-refractivity contribution is 7.99. The summed E-state index contributed by atoms with van der Waals surface area (Å²) in [6.07, 6.45) is 1.65. The third kappa shape index (κ3) is 6.94. The molecule has 4 rings (SSSR count). The third-order valence-electron chi connectivity index (χ3n) is 5.36. The molecule has 1 amide bonds. The largest absolute Gasteiger partial charge is 0.326 e. The number of amides is 1. The summed E-state index contributed by atoms with van der Waals surface area (Å²) in [5.41, 5.74) is 4.40. The molecule has 0 saturated heterocycles. The Balaban J connectivity index is 1.34. The zero-order valence-electron chi connectivity index (χ0n) is 20.7. The number of benzene rings is 2. The second-order valence-corrected chi connectivity index (χ2v) is 11.1. The molecule has 38 heavy (non-hydrogen) atoms. The van der Waals surface area contributed by atoms with Crippen molar-refractivity contribution in [3.8, 4) is 17.3 Å². The van der Waals surface area contributed by atoms with Gasteiger partial charge >= 0.3 is 0 Å². The number of carbonyl (C=O) groups excluding carboxylic acids is 1. The number of thioether (sulfide) groups is 1. The molecular weight excluding hydrogens is 520 g/mol. The van der Waals surface area contributed by atoms with E-state index in [0.717, 1.165) is 16.8 Å². The van der Waals surface area contributed by atoms with Crippen molar-refractivity contribution >= 4 is 39.3 Å². The van der Waals surface area contributed by atoms with E-state index >= 15 is 0 Å². The van der Waals surface area contributed by atoms with E-state index in [1.165, 1.54) is 42.2 Å². The van der Waals surface area contributed by atoms with Crippen molar-refractivity contribution in [3.63, 3.8) is 0 Å². The van der Waals surface area contributed by atoms with Crippen LogP contribution in [-0.2, 0) is 14.8 Å². The van der Waals surface area contributed by atoms with E-state index in [1.807, 2.05) is 37.3 Å². The molecule has 0 saturated carbocycles. The van der Waals surface area contributed by atoms with Gasteiger partial charge in [-0.3, -0.25) is 4.79 Å². The van der Waals surface area contributed by atoms with Crippen LogP contribution in [0.15, 0.2) is 82.8 Å². The van der Waals surface area contributed by atoms with E-state index in [1.54, 1.807) is 19.1 Å². The molecule has 192 valence electrons. The minimum atomic E-state index is -3.88. The number of sulfonamides is 1. The van der Waals surface area contributed by atoms with Crippen molar-refractivity contribution in [3.05, 3.63) is 89.7 Å². The molecule has 0 aliphatic carbocycles. The first-order valence-corrected chi connectivity index (χ1v) is 14.0. The Morgan fingerprint density at radius 2 is 1.71 bits per heavy atom. The predicted molar refractivity (Wildman–Crippen MR) is 147 cm³/mol. The zero-order valence-corrected chi connectivity index (χ0v) is 22.3. The van der Waals surface area contributed by atoms with Gasteiger partial charge in [-0.25, -0.2) is 28.1 Å². The normalized spacial score (nSPS) is 11.0. The lowest BCUT2D eigenvalue weighted by molar-refractivity contribution is -0.115. The summed E-state index contributed by atoms with van der Waals surface area (Å²) < 4.78 is 27.5. The van der Waals surface area contributed by atoms with Gasteiger partial charge in [0, 0.05) is 35.3 Å². The van der Waals surface area contributed by atoms with Crippen molar-refractivity contribution in [2.24, 2.45) is 0 Å². The van der Waals surface area contributed by atoms with Gasteiger partial charge in [0.2, 0.25) is 11.9 Å². The molecule has 2 heterocycles. The molecule has 0 fully saturated rings. The molecule has 2 N–H and O–H groups in total. The van der Waals surface area contributed by atoms with Crippen LogP contribution in [0.3, 0.4) is 0 Å². The van der Waals surface area contributed by atoms with Gasteiger partial charge in [0.25, 0.3) is 10.0 Å². The first-order chi connectivity index (χ1) is 18.2. The monoisotopic (exact) mass is 544 g/mol. The van der Waals surface area contributed by atoms with Crippen LogP contribution < -0.4 is 10.0 Å². The van der Waals surface area contributed by atoms with Crippen molar-refractivity contribution in [2.45, 2.75) is 30.2 Å². The lowest BCUT2D eigenvalue weighted by Crippen LogP contribution is -2.16. The van der Waals surface area contributed by atoms with Gasteiger partial charge in [0.15, 0.2) is 0 Å². The number of anilines is 2. The molecule has 0 spiro atoms. The van der Waals surface area contributed by atoms with Crippen LogP contribution in [0.5, 0.6) is 0 Å². The molecule has 4 aromatic rings. The van der Waals surface area contributed by atoms with Gasteiger partial charge in [0.1, 0.15) is 11.1 Å². The minimum absolute atomic E-state index is 0.0136. The first kappa shape index (κ1) is 26.8. The number of pyridine rings is 1. The summed E-state index contributed by atoms with van der Waals surface area (Å²) in [6.45, 7) is 3.74. The Morgan fingerprint density at radius 3 is 2.39 bits per heavy atom.